The van der Waals surface area contributed by atoms with Gasteiger partial charge in [0.1, 0.15) is 5.69 Å². The average molecular weight is 410 g/mol. The molecule has 6 nitrogen and oxygen atoms in total. The van der Waals surface area contributed by atoms with E-state index in [4.69, 9.17) is 12.2 Å². The third-order valence-electron chi connectivity index (χ3n) is 5.43. The van der Waals surface area contributed by atoms with E-state index in [-0.39, 0.29) is 37.5 Å². The van der Waals surface area contributed by atoms with Crippen LogP contribution < -0.4 is 15.0 Å². The summed E-state index contributed by atoms with van der Waals surface area (Å²) < 4.78 is 38.2. The van der Waals surface area contributed by atoms with Crippen LogP contribution in [0.2, 0.25) is 0 Å². The molecule has 1 saturated heterocycles. The second-order valence-corrected chi connectivity index (χ2v) is 8.25. The van der Waals surface area contributed by atoms with Crippen molar-refractivity contribution in [2.75, 3.05) is 44.4 Å². The lowest BCUT2D eigenvalue weighted by Crippen LogP contribution is -2.42. The number of nitrogens with zero attached hydrogens (tertiary/aromatic N) is 2. The summed E-state index contributed by atoms with van der Waals surface area (Å²) in [5.41, 5.74) is 1.23. The smallest absolute Gasteiger partial charge is 0.270 e. The Bertz CT molecular complexity index is 735. The van der Waals surface area contributed by atoms with Crippen molar-refractivity contribution < 1.29 is 21.4 Å². The molecule has 3 rings (SSSR count). The van der Waals surface area contributed by atoms with Gasteiger partial charge in [0.15, 0.2) is 0 Å². The van der Waals surface area contributed by atoms with Crippen molar-refractivity contribution in [1.82, 2.24) is 10.3 Å². The Morgan fingerprint density at radius 3 is 2.79 bits per heavy atom. The molecule has 162 valence electrons. The Hall–Kier alpha value is -1.89. The highest BCUT2D eigenvalue weighted by Crippen LogP contribution is 2.33. The molecule has 0 spiro atoms. The van der Waals surface area contributed by atoms with Gasteiger partial charge in [0.25, 0.3) is 5.91 Å². The fourth-order valence-corrected chi connectivity index (χ4v) is 3.31. The topological polar surface area (TPSA) is 63.7 Å². The Balaban J connectivity index is 1.63. The fourth-order valence-electron chi connectivity index (χ4n) is 3.31. The number of rotatable bonds is 12. The molecule has 1 aliphatic carbocycles. The molecule has 2 heterocycles. The van der Waals surface area contributed by atoms with Crippen LogP contribution in [0.25, 0.3) is 0 Å². The van der Waals surface area contributed by atoms with Gasteiger partial charge in [-0.3, -0.25) is 9.18 Å². The molecule has 1 aromatic rings. The van der Waals surface area contributed by atoms with E-state index < -0.39 is 6.63 Å². The lowest BCUT2D eigenvalue weighted by Gasteiger charge is -2.23. The Morgan fingerprint density at radius 2 is 2.14 bits per heavy atom. The summed E-state index contributed by atoms with van der Waals surface area (Å²) in [6.07, 6.45) is 4.31. The van der Waals surface area contributed by atoms with Crippen molar-refractivity contribution in [2.24, 2.45) is 11.8 Å². The van der Waals surface area contributed by atoms with E-state index in [1.165, 1.54) is 12.8 Å². The van der Waals surface area contributed by atoms with Crippen molar-refractivity contribution in [1.29, 1.82) is 0 Å². The van der Waals surface area contributed by atoms with Gasteiger partial charge in [-0.05, 0) is 56.1 Å². The molecule has 1 amide bonds. The molecule has 1 N–H and O–H groups in total. The number of carbonyl (C=O) groups excluding carboxylic acids is 1. The highest BCUT2D eigenvalue weighted by Gasteiger charge is 2.25. The van der Waals surface area contributed by atoms with E-state index in [9.17, 15) is 9.18 Å². The van der Waals surface area contributed by atoms with Crippen LogP contribution in [0.15, 0.2) is 12.1 Å². The maximum atomic E-state index is 13.0. The minimum Gasteiger partial charge on any atom is -0.476 e. The van der Waals surface area contributed by atoms with Crippen LogP contribution in [0.4, 0.5) is 10.1 Å². The molecule has 0 aromatic carbocycles. The molecule has 0 bridgehead atoms. The van der Waals surface area contributed by atoms with E-state index in [1.54, 1.807) is 6.07 Å². The standard InChI is InChI=1S/C22H34FN3O3/c1-16(2)19(15-28-13-5-10-23)24-21(27)18-8-9-20(26-11-3-4-12-26)22(25-18)29-14-17-6-7-17/h8-9,16-17,19H,3-7,10-15H2,1-2H3,(H,24,27)/t19-/m1/s1/i10D2. The van der Waals surface area contributed by atoms with Crippen molar-refractivity contribution in [3.8, 4) is 5.88 Å². The van der Waals surface area contributed by atoms with Crippen molar-refractivity contribution in [2.45, 2.75) is 52.0 Å². The molecule has 0 unspecified atom stereocenters. The van der Waals surface area contributed by atoms with Crippen LogP contribution in [-0.4, -0.2) is 56.5 Å². The predicted octanol–water partition coefficient (Wildman–Crippen LogP) is 3.60. The number of aromatic nitrogens is 1. The second kappa shape index (κ2) is 10.8. The quantitative estimate of drug-likeness (QED) is 0.535. The largest absolute Gasteiger partial charge is 0.476 e. The first-order valence-corrected chi connectivity index (χ1v) is 10.7. The average Bonchev–Trinajstić information content (AvgIpc) is 3.38. The Morgan fingerprint density at radius 1 is 1.38 bits per heavy atom. The molecule has 0 radical (unpaired) electrons. The first-order chi connectivity index (χ1) is 14.7. The van der Waals surface area contributed by atoms with Gasteiger partial charge < -0.3 is 19.7 Å². The highest BCUT2D eigenvalue weighted by molar-refractivity contribution is 5.93. The van der Waals surface area contributed by atoms with E-state index >= 15 is 0 Å². The molecule has 1 saturated carbocycles. The van der Waals surface area contributed by atoms with Crippen LogP contribution >= 0.6 is 0 Å². The van der Waals surface area contributed by atoms with Gasteiger partial charge in [-0.2, -0.15) is 0 Å². The molecule has 2 aliphatic rings. The van der Waals surface area contributed by atoms with Gasteiger partial charge in [0.2, 0.25) is 5.88 Å². The van der Waals surface area contributed by atoms with Gasteiger partial charge in [0, 0.05) is 19.7 Å². The normalized spacial score (nSPS) is 19.1. The van der Waals surface area contributed by atoms with E-state index in [0.717, 1.165) is 31.6 Å². The zero-order chi connectivity index (χ0) is 22.4. The maximum Gasteiger partial charge on any atom is 0.270 e. The third-order valence-corrected chi connectivity index (χ3v) is 5.43. The molecule has 29 heavy (non-hydrogen) atoms. The molecule has 1 atom stereocenters. The van der Waals surface area contributed by atoms with Crippen LogP contribution in [0.3, 0.4) is 0 Å². The minimum atomic E-state index is -2.76. The number of halogens is 1. The lowest BCUT2D eigenvalue weighted by molar-refractivity contribution is 0.0751. The van der Waals surface area contributed by atoms with E-state index in [2.05, 4.69) is 15.2 Å². The van der Waals surface area contributed by atoms with Crippen molar-refractivity contribution in [3.63, 3.8) is 0 Å². The Labute approximate surface area is 176 Å². The molecule has 2 fully saturated rings. The molecule has 1 aromatic heterocycles. The monoisotopic (exact) mass is 409 g/mol. The number of hydrogen-bond donors (Lipinski definition) is 1. The summed E-state index contributed by atoms with van der Waals surface area (Å²) in [5.74, 6) is 0.876. The summed E-state index contributed by atoms with van der Waals surface area (Å²) in [7, 11) is 0. The van der Waals surface area contributed by atoms with Gasteiger partial charge >= 0.3 is 0 Å². The van der Waals surface area contributed by atoms with Gasteiger partial charge in [-0.15, -0.1) is 0 Å². The number of amides is 1. The first kappa shape index (κ1) is 19.1. The summed E-state index contributed by atoms with van der Waals surface area (Å²) in [5, 5.41) is 2.94. The molecule has 7 heteroatoms. The zero-order valence-electron chi connectivity index (χ0n) is 19.5. The van der Waals surface area contributed by atoms with Crippen LogP contribution in [0.1, 0.15) is 59.2 Å². The zero-order valence-corrected chi connectivity index (χ0v) is 17.5. The first-order valence-electron chi connectivity index (χ1n) is 11.7. The SMILES string of the molecule is [2H]C([2H])(F)CCOC[C@@H](NC(=O)c1ccc(N2CCCC2)c(OCC2CC2)n1)C(C)C. The maximum absolute atomic E-state index is 13.0. The molecular formula is C22H34FN3O3. The highest BCUT2D eigenvalue weighted by atomic mass is 19.1. The number of alkyl halides is 1. The number of carbonyl (C=O) groups is 1. The summed E-state index contributed by atoms with van der Waals surface area (Å²) >= 11 is 0. The molecule has 1 aliphatic heterocycles. The lowest BCUT2D eigenvalue weighted by atomic mass is 10.1. The summed E-state index contributed by atoms with van der Waals surface area (Å²) in [6.45, 7) is 3.85. The van der Waals surface area contributed by atoms with Gasteiger partial charge in [-0.1, -0.05) is 13.8 Å². The number of nitrogens with one attached hydrogen (secondary N) is 1. The minimum absolute atomic E-state index is 0.0511. The number of anilines is 1. The van der Waals surface area contributed by atoms with Crippen LogP contribution in [-0.2, 0) is 4.74 Å². The Kier molecular flexibility index (Phi) is 7.09. The van der Waals surface area contributed by atoms with Crippen molar-refractivity contribution >= 4 is 11.6 Å². The number of ether oxygens (including phenoxy) is 2. The van der Waals surface area contributed by atoms with Gasteiger partial charge in [-0.25, -0.2) is 4.98 Å². The number of pyridine rings is 1. The van der Waals surface area contributed by atoms with Crippen molar-refractivity contribution in [3.05, 3.63) is 17.8 Å². The fraction of sp³-hybridized carbons (Fsp3) is 0.727. The van der Waals surface area contributed by atoms with Gasteiger partial charge in [0.05, 0.1) is 34.3 Å². The number of hydrogen-bond acceptors (Lipinski definition) is 5. The van der Waals surface area contributed by atoms with Crippen LogP contribution in [0, 0.1) is 11.8 Å². The second-order valence-electron chi connectivity index (χ2n) is 8.25. The predicted molar refractivity (Wildman–Crippen MR) is 111 cm³/mol. The van der Waals surface area contributed by atoms with Crippen LogP contribution in [0.5, 0.6) is 5.88 Å². The summed E-state index contributed by atoms with van der Waals surface area (Å²) in [4.78, 5) is 19.7. The molecular weight excluding hydrogens is 373 g/mol. The van der Waals surface area contributed by atoms with E-state index in [0.29, 0.717) is 24.1 Å². The third kappa shape index (κ3) is 6.56. The van der Waals surface area contributed by atoms with E-state index in [1.807, 2.05) is 19.9 Å². The summed E-state index contributed by atoms with van der Waals surface area (Å²) in [6, 6.07) is 3.34.